The SMILES string of the molecule is Cc1ccc(NC(=O)C2CCN(C(=O)C3CCCO3)CC2)cc1Br. The van der Waals surface area contributed by atoms with Gasteiger partial charge in [-0.3, -0.25) is 9.59 Å². The van der Waals surface area contributed by atoms with Crippen LogP contribution in [0.25, 0.3) is 0 Å². The molecule has 2 fully saturated rings. The maximum absolute atomic E-state index is 12.4. The molecule has 6 heteroatoms. The second-order valence-electron chi connectivity index (χ2n) is 6.55. The number of halogens is 1. The Kier molecular flexibility index (Phi) is 5.56. The van der Waals surface area contributed by atoms with Crippen LogP contribution in [0.2, 0.25) is 0 Å². The lowest BCUT2D eigenvalue weighted by molar-refractivity contribution is -0.143. The molecule has 2 saturated heterocycles. The number of piperidine rings is 1. The number of ether oxygens (including phenoxy) is 1. The number of anilines is 1. The zero-order valence-corrected chi connectivity index (χ0v) is 15.5. The Morgan fingerprint density at radius 2 is 2.00 bits per heavy atom. The van der Waals surface area contributed by atoms with E-state index in [-0.39, 0.29) is 23.8 Å². The van der Waals surface area contributed by atoms with Gasteiger partial charge in [-0.15, -0.1) is 0 Å². The molecule has 2 aliphatic heterocycles. The van der Waals surface area contributed by atoms with Crippen LogP contribution in [0.4, 0.5) is 5.69 Å². The number of amides is 2. The molecule has 2 heterocycles. The molecule has 0 saturated carbocycles. The largest absolute Gasteiger partial charge is 0.368 e. The smallest absolute Gasteiger partial charge is 0.251 e. The van der Waals surface area contributed by atoms with E-state index >= 15 is 0 Å². The Labute approximate surface area is 150 Å². The lowest BCUT2D eigenvalue weighted by atomic mass is 9.95. The van der Waals surface area contributed by atoms with Crippen molar-refractivity contribution in [2.75, 3.05) is 25.0 Å². The number of rotatable bonds is 3. The molecule has 0 aromatic heterocycles. The molecule has 2 amide bonds. The molecule has 1 unspecified atom stereocenters. The molecule has 0 radical (unpaired) electrons. The predicted molar refractivity (Wildman–Crippen MR) is 95.8 cm³/mol. The van der Waals surface area contributed by atoms with E-state index in [0.717, 1.165) is 28.6 Å². The standard InChI is InChI=1S/C18H23BrN2O3/c1-12-4-5-14(11-15(12)19)20-17(22)13-6-8-21(9-7-13)18(23)16-3-2-10-24-16/h4-5,11,13,16H,2-3,6-10H2,1H3,(H,20,22). The zero-order valence-electron chi connectivity index (χ0n) is 13.9. The van der Waals surface area contributed by atoms with Crippen LogP contribution in [0, 0.1) is 12.8 Å². The normalized spacial score (nSPS) is 21.8. The fourth-order valence-corrected chi connectivity index (χ4v) is 3.63. The molecule has 130 valence electrons. The quantitative estimate of drug-likeness (QED) is 0.856. The Bertz CT molecular complexity index is 621. The highest BCUT2D eigenvalue weighted by Crippen LogP contribution is 2.24. The van der Waals surface area contributed by atoms with E-state index in [1.54, 1.807) is 0 Å². The van der Waals surface area contributed by atoms with Gasteiger partial charge in [-0.25, -0.2) is 0 Å². The van der Waals surface area contributed by atoms with Crippen LogP contribution in [0.5, 0.6) is 0 Å². The summed E-state index contributed by atoms with van der Waals surface area (Å²) in [5.41, 5.74) is 1.93. The maximum Gasteiger partial charge on any atom is 0.251 e. The van der Waals surface area contributed by atoms with Crippen molar-refractivity contribution in [2.24, 2.45) is 5.92 Å². The molecular weight excluding hydrogens is 372 g/mol. The number of likely N-dealkylation sites (tertiary alicyclic amines) is 1. The third kappa shape index (κ3) is 3.98. The van der Waals surface area contributed by atoms with Gasteiger partial charge in [-0.05, 0) is 50.3 Å². The summed E-state index contributed by atoms with van der Waals surface area (Å²) >= 11 is 3.48. The first-order valence-corrected chi connectivity index (χ1v) is 9.31. The highest BCUT2D eigenvalue weighted by atomic mass is 79.9. The molecule has 1 aromatic carbocycles. The minimum Gasteiger partial charge on any atom is -0.368 e. The molecule has 5 nitrogen and oxygen atoms in total. The van der Waals surface area contributed by atoms with Crippen LogP contribution in [-0.2, 0) is 14.3 Å². The number of benzene rings is 1. The first-order valence-electron chi connectivity index (χ1n) is 8.52. The molecule has 0 aliphatic carbocycles. The second kappa shape index (κ2) is 7.66. The number of nitrogens with zero attached hydrogens (tertiary/aromatic N) is 1. The minimum absolute atomic E-state index is 0.0370. The van der Waals surface area contributed by atoms with Crippen molar-refractivity contribution < 1.29 is 14.3 Å². The summed E-state index contributed by atoms with van der Waals surface area (Å²) < 4.78 is 6.45. The van der Waals surface area contributed by atoms with E-state index in [1.165, 1.54) is 0 Å². The number of nitrogens with one attached hydrogen (secondary N) is 1. The Morgan fingerprint density at radius 1 is 1.25 bits per heavy atom. The van der Waals surface area contributed by atoms with Crippen molar-refractivity contribution in [3.05, 3.63) is 28.2 Å². The Hall–Kier alpha value is -1.40. The molecule has 0 bridgehead atoms. The number of aryl methyl sites for hydroxylation is 1. The van der Waals surface area contributed by atoms with Gasteiger partial charge in [0.15, 0.2) is 0 Å². The van der Waals surface area contributed by atoms with Crippen LogP contribution >= 0.6 is 15.9 Å². The number of carbonyl (C=O) groups excluding carboxylic acids is 2. The van der Waals surface area contributed by atoms with E-state index in [1.807, 2.05) is 30.0 Å². The zero-order chi connectivity index (χ0) is 17.1. The van der Waals surface area contributed by atoms with Gasteiger partial charge in [0.2, 0.25) is 5.91 Å². The molecule has 1 atom stereocenters. The first kappa shape index (κ1) is 17.4. The second-order valence-corrected chi connectivity index (χ2v) is 7.41. The predicted octanol–water partition coefficient (Wildman–Crippen LogP) is 3.11. The van der Waals surface area contributed by atoms with E-state index in [9.17, 15) is 9.59 Å². The van der Waals surface area contributed by atoms with Gasteiger partial charge >= 0.3 is 0 Å². The van der Waals surface area contributed by atoms with E-state index in [4.69, 9.17) is 4.74 Å². The van der Waals surface area contributed by atoms with Gasteiger partial charge < -0.3 is 15.0 Å². The lowest BCUT2D eigenvalue weighted by Gasteiger charge is -2.32. The highest BCUT2D eigenvalue weighted by molar-refractivity contribution is 9.10. The monoisotopic (exact) mass is 394 g/mol. The van der Waals surface area contributed by atoms with Crippen LogP contribution in [-0.4, -0.2) is 42.5 Å². The fraction of sp³-hybridized carbons (Fsp3) is 0.556. The lowest BCUT2D eigenvalue weighted by Crippen LogP contribution is -2.45. The van der Waals surface area contributed by atoms with E-state index < -0.39 is 0 Å². The van der Waals surface area contributed by atoms with Gasteiger partial charge in [0.1, 0.15) is 6.10 Å². The summed E-state index contributed by atoms with van der Waals surface area (Å²) in [7, 11) is 0. The highest BCUT2D eigenvalue weighted by Gasteiger charge is 2.32. The van der Waals surface area contributed by atoms with Gasteiger partial charge in [0.25, 0.3) is 5.91 Å². The van der Waals surface area contributed by atoms with Crippen molar-refractivity contribution >= 4 is 33.4 Å². The van der Waals surface area contributed by atoms with Crippen LogP contribution in [0.15, 0.2) is 22.7 Å². The van der Waals surface area contributed by atoms with Crippen molar-refractivity contribution in [1.82, 2.24) is 4.90 Å². The first-order chi connectivity index (χ1) is 11.5. The summed E-state index contributed by atoms with van der Waals surface area (Å²) in [5, 5.41) is 2.98. The number of carbonyl (C=O) groups is 2. The van der Waals surface area contributed by atoms with Gasteiger partial charge in [0, 0.05) is 35.8 Å². The summed E-state index contributed by atoms with van der Waals surface area (Å²) in [6.07, 6.45) is 2.93. The third-order valence-corrected chi connectivity index (χ3v) is 5.68. The molecule has 1 N–H and O–H groups in total. The fourth-order valence-electron chi connectivity index (χ4n) is 3.25. The molecule has 1 aromatic rings. The summed E-state index contributed by atoms with van der Waals surface area (Å²) in [5.74, 6) is 0.0856. The summed E-state index contributed by atoms with van der Waals surface area (Å²) in [6.45, 7) is 3.96. The van der Waals surface area contributed by atoms with E-state index in [2.05, 4.69) is 21.2 Å². The molecule has 24 heavy (non-hydrogen) atoms. The van der Waals surface area contributed by atoms with Crippen molar-refractivity contribution in [1.29, 1.82) is 0 Å². The topological polar surface area (TPSA) is 58.6 Å². The van der Waals surface area contributed by atoms with Crippen molar-refractivity contribution in [3.8, 4) is 0 Å². The third-order valence-electron chi connectivity index (χ3n) is 4.82. The maximum atomic E-state index is 12.4. The van der Waals surface area contributed by atoms with E-state index in [0.29, 0.717) is 32.5 Å². The Morgan fingerprint density at radius 3 is 2.62 bits per heavy atom. The van der Waals surface area contributed by atoms with Gasteiger partial charge in [-0.2, -0.15) is 0 Å². The van der Waals surface area contributed by atoms with Crippen LogP contribution < -0.4 is 5.32 Å². The van der Waals surface area contributed by atoms with Gasteiger partial charge in [-0.1, -0.05) is 22.0 Å². The van der Waals surface area contributed by atoms with Crippen molar-refractivity contribution in [2.45, 2.75) is 38.7 Å². The average molecular weight is 395 g/mol. The Balaban J connectivity index is 1.51. The summed E-state index contributed by atoms with van der Waals surface area (Å²) in [4.78, 5) is 26.6. The summed E-state index contributed by atoms with van der Waals surface area (Å²) in [6, 6.07) is 5.81. The average Bonchev–Trinajstić information content (AvgIpc) is 3.12. The number of hydrogen-bond acceptors (Lipinski definition) is 3. The van der Waals surface area contributed by atoms with Crippen LogP contribution in [0.3, 0.4) is 0 Å². The minimum atomic E-state index is -0.264. The number of hydrogen-bond donors (Lipinski definition) is 1. The molecule has 2 aliphatic rings. The molecular formula is C18H23BrN2O3. The molecule has 0 spiro atoms. The van der Waals surface area contributed by atoms with Crippen molar-refractivity contribution in [3.63, 3.8) is 0 Å². The molecule has 3 rings (SSSR count). The van der Waals surface area contributed by atoms with Crippen LogP contribution in [0.1, 0.15) is 31.2 Å². The van der Waals surface area contributed by atoms with Gasteiger partial charge in [0.05, 0.1) is 0 Å².